The third kappa shape index (κ3) is 0.916. The van der Waals surface area contributed by atoms with E-state index >= 15 is 0 Å². The lowest BCUT2D eigenvalue weighted by atomic mass is 10.2. The van der Waals surface area contributed by atoms with Crippen molar-refractivity contribution in [2.75, 3.05) is 0 Å². The maximum absolute atomic E-state index is 5.09. The molecule has 46 valence electrons. The van der Waals surface area contributed by atoms with E-state index in [9.17, 15) is 0 Å². The molecule has 1 saturated heterocycles. The van der Waals surface area contributed by atoms with Gasteiger partial charge in [0.1, 0.15) is 6.10 Å². The van der Waals surface area contributed by atoms with Crippen LogP contribution in [0, 0.1) is 0 Å². The first kappa shape index (κ1) is 5.82. The second kappa shape index (κ2) is 1.90. The fourth-order valence-electron chi connectivity index (χ4n) is 0.608. The van der Waals surface area contributed by atoms with E-state index < -0.39 is 0 Å². The van der Waals surface area contributed by atoms with Crippen LogP contribution < -0.4 is 5.32 Å². The van der Waals surface area contributed by atoms with Gasteiger partial charge in [0.25, 0.3) is 5.17 Å². The molecule has 0 aliphatic carbocycles. The highest BCUT2D eigenvalue weighted by atomic mass is 32.1. The van der Waals surface area contributed by atoms with Crippen molar-refractivity contribution in [1.82, 2.24) is 5.32 Å². The Balaban J connectivity index is 2.51. The van der Waals surface area contributed by atoms with E-state index in [0.717, 1.165) is 0 Å². The Bertz CT molecular complexity index is 103. The summed E-state index contributed by atoms with van der Waals surface area (Å²) < 4.78 is 5.09. The number of ether oxygens (including phenoxy) is 1. The van der Waals surface area contributed by atoms with Crippen LogP contribution in [0.25, 0.3) is 0 Å². The molecule has 0 unspecified atom stereocenters. The van der Waals surface area contributed by atoms with Gasteiger partial charge in [-0.1, -0.05) is 0 Å². The van der Waals surface area contributed by atoms with Crippen LogP contribution in [0.2, 0.25) is 0 Å². The summed E-state index contributed by atoms with van der Waals surface area (Å²) in [6, 6.07) is 0.377. The summed E-state index contributed by atoms with van der Waals surface area (Å²) in [6.45, 7) is 4.04. The molecule has 0 spiro atoms. The van der Waals surface area contributed by atoms with Crippen LogP contribution in [0.1, 0.15) is 13.8 Å². The van der Waals surface area contributed by atoms with Gasteiger partial charge in [-0.05, 0) is 26.1 Å². The van der Waals surface area contributed by atoms with Crippen LogP contribution in [-0.2, 0) is 4.74 Å². The van der Waals surface area contributed by atoms with Gasteiger partial charge in [-0.25, -0.2) is 0 Å². The average Bonchev–Trinajstić information content (AvgIpc) is 1.85. The van der Waals surface area contributed by atoms with Gasteiger partial charge in [-0.15, -0.1) is 0 Å². The van der Waals surface area contributed by atoms with E-state index in [1.54, 1.807) is 0 Å². The molecule has 0 aromatic carbocycles. The van der Waals surface area contributed by atoms with Gasteiger partial charge in [0.05, 0.1) is 6.04 Å². The number of hydrogen-bond donors (Lipinski definition) is 1. The average molecular weight is 131 g/mol. The molecule has 0 saturated carbocycles. The molecule has 0 amide bonds. The largest absolute Gasteiger partial charge is 0.466 e. The van der Waals surface area contributed by atoms with Crippen LogP contribution in [0.15, 0.2) is 0 Å². The minimum atomic E-state index is 0.238. The van der Waals surface area contributed by atoms with Gasteiger partial charge in [-0.3, -0.25) is 0 Å². The molecule has 0 aromatic rings. The van der Waals surface area contributed by atoms with Crippen LogP contribution >= 0.6 is 12.2 Å². The molecule has 1 heterocycles. The maximum atomic E-state index is 5.09. The van der Waals surface area contributed by atoms with E-state index in [1.165, 1.54) is 0 Å². The van der Waals surface area contributed by atoms with Crippen molar-refractivity contribution >= 4 is 17.4 Å². The Morgan fingerprint density at radius 3 is 2.38 bits per heavy atom. The van der Waals surface area contributed by atoms with Gasteiger partial charge in [0.15, 0.2) is 0 Å². The molecule has 0 radical (unpaired) electrons. The monoisotopic (exact) mass is 131 g/mol. The van der Waals surface area contributed by atoms with Gasteiger partial charge >= 0.3 is 0 Å². The zero-order valence-electron chi connectivity index (χ0n) is 4.97. The first-order valence-electron chi connectivity index (χ1n) is 2.67. The van der Waals surface area contributed by atoms with E-state index in [-0.39, 0.29) is 6.10 Å². The molecular formula is C5H9NOS. The van der Waals surface area contributed by atoms with Crippen LogP contribution in [-0.4, -0.2) is 17.3 Å². The lowest BCUT2D eigenvalue weighted by Gasteiger charge is -2.03. The van der Waals surface area contributed by atoms with Gasteiger partial charge in [0, 0.05) is 0 Å². The first-order chi connectivity index (χ1) is 3.70. The van der Waals surface area contributed by atoms with Crippen molar-refractivity contribution in [2.24, 2.45) is 0 Å². The lowest BCUT2D eigenvalue weighted by molar-refractivity contribution is 0.231. The van der Waals surface area contributed by atoms with Crippen molar-refractivity contribution in [3.05, 3.63) is 0 Å². The Kier molecular flexibility index (Phi) is 1.38. The first-order valence-corrected chi connectivity index (χ1v) is 3.08. The van der Waals surface area contributed by atoms with E-state index in [4.69, 9.17) is 17.0 Å². The Morgan fingerprint density at radius 1 is 1.62 bits per heavy atom. The molecule has 0 aromatic heterocycles. The number of thiocarbonyl (C=S) groups is 1. The highest BCUT2D eigenvalue weighted by molar-refractivity contribution is 7.80. The highest BCUT2D eigenvalue weighted by Crippen LogP contribution is 2.05. The molecule has 2 atom stereocenters. The summed E-state index contributed by atoms with van der Waals surface area (Å²) in [7, 11) is 0. The Morgan fingerprint density at radius 2 is 2.25 bits per heavy atom. The minimum absolute atomic E-state index is 0.238. The Hall–Kier alpha value is -0.310. The summed E-state index contributed by atoms with van der Waals surface area (Å²) in [5, 5.41) is 3.51. The summed E-state index contributed by atoms with van der Waals surface area (Å²) in [6.07, 6.45) is 0.238. The number of hydrogen-bond acceptors (Lipinski definition) is 2. The predicted molar refractivity (Wildman–Crippen MR) is 35.7 cm³/mol. The summed E-state index contributed by atoms with van der Waals surface area (Å²) in [5.74, 6) is 0. The van der Waals surface area contributed by atoms with Crippen LogP contribution in [0.4, 0.5) is 0 Å². The van der Waals surface area contributed by atoms with Gasteiger partial charge in [0.2, 0.25) is 0 Å². The molecular weight excluding hydrogens is 122 g/mol. The third-order valence-corrected chi connectivity index (χ3v) is 1.56. The van der Waals surface area contributed by atoms with Crippen molar-refractivity contribution in [2.45, 2.75) is 26.0 Å². The van der Waals surface area contributed by atoms with E-state index in [0.29, 0.717) is 11.2 Å². The SMILES string of the molecule is C[C@@H]1NC(=S)O[C@@H]1C. The van der Waals surface area contributed by atoms with Gasteiger partial charge < -0.3 is 10.1 Å². The predicted octanol–water partition coefficient (Wildman–Crippen LogP) is 0.668. The second-order valence-electron chi connectivity index (χ2n) is 2.04. The van der Waals surface area contributed by atoms with Crippen LogP contribution in [0.3, 0.4) is 0 Å². The molecule has 1 N–H and O–H groups in total. The van der Waals surface area contributed by atoms with Crippen LogP contribution in [0.5, 0.6) is 0 Å². The number of rotatable bonds is 0. The molecule has 8 heavy (non-hydrogen) atoms. The molecule has 1 rings (SSSR count). The fraction of sp³-hybridized carbons (Fsp3) is 0.800. The van der Waals surface area contributed by atoms with Crippen molar-refractivity contribution in [1.29, 1.82) is 0 Å². The molecule has 1 aliphatic heterocycles. The quantitative estimate of drug-likeness (QED) is 0.488. The molecule has 2 nitrogen and oxygen atoms in total. The van der Waals surface area contributed by atoms with Crippen molar-refractivity contribution in [3.63, 3.8) is 0 Å². The zero-order valence-corrected chi connectivity index (χ0v) is 5.79. The summed E-state index contributed by atoms with van der Waals surface area (Å²) >= 11 is 4.74. The second-order valence-corrected chi connectivity index (χ2v) is 2.41. The van der Waals surface area contributed by atoms with Crippen molar-refractivity contribution < 1.29 is 4.74 Å². The minimum Gasteiger partial charge on any atom is -0.466 e. The molecule has 1 fully saturated rings. The normalized spacial score (nSPS) is 36.5. The Labute approximate surface area is 54.2 Å². The highest BCUT2D eigenvalue weighted by Gasteiger charge is 2.22. The zero-order chi connectivity index (χ0) is 6.15. The topological polar surface area (TPSA) is 21.3 Å². The maximum Gasteiger partial charge on any atom is 0.257 e. The summed E-state index contributed by atoms with van der Waals surface area (Å²) in [5.41, 5.74) is 0. The standard InChI is InChI=1S/C5H9NOS/c1-3-4(2)7-5(8)6-3/h3-4H,1-2H3,(H,6,8)/t3-,4+/m0/s1. The molecule has 1 aliphatic rings. The molecule has 0 bridgehead atoms. The number of nitrogens with one attached hydrogen (secondary N) is 1. The summed E-state index contributed by atoms with van der Waals surface area (Å²) in [4.78, 5) is 0. The van der Waals surface area contributed by atoms with E-state index in [2.05, 4.69) is 5.32 Å². The lowest BCUT2D eigenvalue weighted by Crippen LogP contribution is -2.25. The van der Waals surface area contributed by atoms with Gasteiger partial charge in [-0.2, -0.15) is 0 Å². The fourth-order valence-corrected chi connectivity index (χ4v) is 0.946. The van der Waals surface area contributed by atoms with E-state index in [1.807, 2.05) is 13.8 Å². The van der Waals surface area contributed by atoms with Crippen molar-refractivity contribution in [3.8, 4) is 0 Å². The smallest absolute Gasteiger partial charge is 0.257 e. The molecule has 3 heteroatoms. The third-order valence-electron chi connectivity index (χ3n) is 1.34.